The first-order valence-corrected chi connectivity index (χ1v) is 7.92. The summed E-state index contributed by atoms with van der Waals surface area (Å²) in [4.78, 5) is 26.1. The lowest BCUT2D eigenvalue weighted by molar-refractivity contribution is -0.147. The highest BCUT2D eigenvalue weighted by molar-refractivity contribution is 5.75. The number of nitrogens with zero attached hydrogens (tertiary/aromatic N) is 1. The lowest BCUT2D eigenvalue weighted by Crippen LogP contribution is -2.46. The van der Waals surface area contributed by atoms with Crippen LogP contribution in [0.2, 0.25) is 0 Å². The average molecular weight is 319 g/mol. The van der Waals surface area contributed by atoms with Crippen molar-refractivity contribution in [3.05, 3.63) is 35.9 Å². The highest BCUT2D eigenvalue weighted by Gasteiger charge is 2.38. The highest BCUT2D eigenvalue weighted by atomic mass is 16.6. The van der Waals surface area contributed by atoms with Gasteiger partial charge in [0.2, 0.25) is 0 Å². The Labute approximate surface area is 137 Å². The van der Waals surface area contributed by atoms with Crippen LogP contribution in [0.4, 0.5) is 4.79 Å². The predicted molar refractivity (Wildman–Crippen MR) is 87.1 cm³/mol. The third-order valence-corrected chi connectivity index (χ3v) is 4.00. The van der Waals surface area contributed by atoms with Crippen molar-refractivity contribution in [3.63, 3.8) is 0 Å². The van der Waals surface area contributed by atoms with Crippen LogP contribution in [-0.4, -0.2) is 42.8 Å². The van der Waals surface area contributed by atoms with Crippen LogP contribution in [0.5, 0.6) is 0 Å². The Bertz CT molecular complexity index is 550. The van der Waals surface area contributed by atoms with Gasteiger partial charge in [-0.05, 0) is 32.8 Å². The molecular formula is C18H25NO4. The minimum absolute atomic E-state index is 0.0788. The van der Waals surface area contributed by atoms with Gasteiger partial charge in [-0.1, -0.05) is 30.3 Å². The molecule has 0 unspecified atom stereocenters. The maximum absolute atomic E-state index is 12.3. The Kier molecular flexibility index (Phi) is 5.29. The molecule has 0 spiro atoms. The van der Waals surface area contributed by atoms with Gasteiger partial charge in [0.1, 0.15) is 5.60 Å². The van der Waals surface area contributed by atoms with E-state index >= 15 is 0 Å². The average Bonchev–Trinajstić information content (AvgIpc) is 2.52. The molecular weight excluding hydrogens is 294 g/mol. The number of methoxy groups -OCH3 is 1. The summed E-state index contributed by atoms with van der Waals surface area (Å²) in [6, 6.07) is 9.79. The molecule has 0 aromatic heterocycles. The van der Waals surface area contributed by atoms with E-state index in [1.807, 2.05) is 51.1 Å². The third kappa shape index (κ3) is 4.47. The normalized spacial score (nSPS) is 21.7. The second-order valence-electron chi connectivity index (χ2n) is 6.86. The summed E-state index contributed by atoms with van der Waals surface area (Å²) >= 11 is 0. The van der Waals surface area contributed by atoms with E-state index in [0.29, 0.717) is 19.5 Å². The Hall–Kier alpha value is -2.04. The smallest absolute Gasteiger partial charge is 0.410 e. The fourth-order valence-corrected chi connectivity index (χ4v) is 2.92. The zero-order valence-corrected chi connectivity index (χ0v) is 14.2. The number of esters is 1. The number of amides is 1. The predicted octanol–water partition coefficient (Wildman–Crippen LogP) is 3.20. The Morgan fingerprint density at radius 3 is 2.39 bits per heavy atom. The molecule has 0 aliphatic carbocycles. The molecule has 1 saturated heterocycles. The molecule has 126 valence electrons. The van der Waals surface area contributed by atoms with Crippen LogP contribution in [0.1, 0.15) is 38.7 Å². The minimum Gasteiger partial charge on any atom is -0.469 e. The first kappa shape index (κ1) is 17.3. The van der Waals surface area contributed by atoms with Crippen LogP contribution < -0.4 is 0 Å². The van der Waals surface area contributed by atoms with E-state index in [9.17, 15) is 9.59 Å². The molecule has 1 aliphatic rings. The number of carbonyl (C=O) groups is 2. The van der Waals surface area contributed by atoms with Crippen molar-refractivity contribution in [1.82, 2.24) is 4.90 Å². The van der Waals surface area contributed by atoms with E-state index in [1.54, 1.807) is 4.90 Å². The maximum Gasteiger partial charge on any atom is 0.410 e. The van der Waals surface area contributed by atoms with Gasteiger partial charge < -0.3 is 14.4 Å². The van der Waals surface area contributed by atoms with Crippen molar-refractivity contribution >= 4 is 12.1 Å². The second kappa shape index (κ2) is 7.02. The van der Waals surface area contributed by atoms with Crippen molar-refractivity contribution in [2.45, 2.75) is 38.7 Å². The molecule has 1 aromatic rings. The number of hydrogen-bond donors (Lipinski definition) is 0. The molecule has 2 rings (SSSR count). The Morgan fingerprint density at radius 2 is 1.83 bits per heavy atom. The van der Waals surface area contributed by atoms with Gasteiger partial charge in [-0.15, -0.1) is 0 Å². The number of hydrogen-bond acceptors (Lipinski definition) is 4. The minimum atomic E-state index is -0.529. The van der Waals surface area contributed by atoms with Crippen molar-refractivity contribution in [1.29, 1.82) is 0 Å². The molecule has 5 heteroatoms. The zero-order chi connectivity index (χ0) is 17.0. The number of rotatable bonds is 2. The van der Waals surface area contributed by atoms with Crippen molar-refractivity contribution in [2.75, 3.05) is 20.2 Å². The molecule has 1 fully saturated rings. The van der Waals surface area contributed by atoms with Crippen LogP contribution in [0, 0.1) is 5.92 Å². The Balaban J connectivity index is 2.18. The summed E-state index contributed by atoms with van der Waals surface area (Å²) in [6.07, 6.45) is 0.243. The molecule has 2 atom stereocenters. The standard InChI is InChI=1S/C18H25NO4/c1-18(2,3)23-17(21)19-11-10-14(16(20)22-4)15(12-19)13-8-6-5-7-9-13/h5-9,14-15H,10-12H2,1-4H3/t14-,15-/m0/s1. The molecule has 0 radical (unpaired) electrons. The lowest BCUT2D eigenvalue weighted by Gasteiger charge is -2.38. The maximum atomic E-state index is 12.3. The second-order valence-corrected chi connectivity index (χ2v) is 6.86. The third-order valence-electron chi connectivity index (χ3n) is 4.00. The molecule has 23 heavy (non-hydrogen) atoms. The van der Waals surface area contributed by atoms with Gasteiger partial charge in [0.15, 0.2) is 0 Å². The monoisotopic (exact) mass is 319 g/mol. The number of likely N-dealkylation sites (tertiary alicyclic amines) is 1. The molecule has 1 aliphatic heterocycles. The zero-order valence-electron chi connectivity index (χ0n) is 14.2. The van der Waals surface area contributed by atoms with Crippen molar-refractivity contribution in [2.24, 2.45) is 5.92 Å². The van der Waals surface area contributed by atoms with E-state index < -0.39 is 5.60 Å². The number of benzene rings is 1. The van der Waals surface area contributed by atoms with Crippen LogP contribution in [0.25, 0.3) is 0 Å². The molecule has 0 N–H and O–H groups in total. The van der Waals surface area contributed by atoms with E-state index in [1.165, 1.54) is 7.11 Å². The molecule has 1 amide bonds. The lowest BCUT2D eigenvalue weighted by atomic mass is 9.81. The molecule has 0 bridgehead atoms. The van der Waals surface area contributed by atoms with Crippen LogP contribution in [0.15, 0.2) is 30.3 Å². The first-order chi connectivity index (χ1) is 10.8. The van der Waals surface area contributed by atoms with Gasteiger partial charge in [0.05, 0.1) is 13.0 Å². The van der Waals surface area contributed by atoms with Gasteiger partial charge in [-0.3, -0.25) is 4.79 Å². The van der Waals surface area contributed by atoms with E-state index in [2.05, 4.69) is 0 Å². The quantitative estimate of drug-likeness (QED) is 0.786. The van der Waals surface area contributed by atoms with Crippen molar-refractivity contribution in [3.8, 4) is 0 Å². The molecule has 0 saturated carbocycles. The fourth-order valence-electron chi connectivity index (χ4n) is 2.92. The van der Waals surface area contributed by atoms with Crippen LogP contribution >= 0.6 is 0 Å². The van der Waals surface area contributed by atoms with Gasteiger partial charge in [0, 0.05) is 19.0 Å². The number of piperidine rings is 1. The SMILES string of the molecule is COC(=O)[C@H]1CCN(C(=O)OC(C)(C)C)C[C@H]1c1ccccc1. The molecule has 1 heterocycles. The number of carbonyl (C=O) groups excluding carboxylic acids is 2. The largest absolute Gasteiger partial charge is 0.469 e. The van der Waals surface area contributed by atoms with Gasteiger partial charge >= 0.3 is 12.1 Å². The molecule has 5 nitrogen and oxygen atoms in total. The van der Waals surface area contributed by atoms with E-state index in [0.717, 1.165) is 5.56 Å². The van der Waals surface area contributed by atoms with Gasteiger partial charge in [-0.2, -0.15) is 0 Å². The summed E-state index contributed by atoms with van der Waals surface area (Å²) in [5.74, 6) is -0.534. The van der Waals surface area contributed by atoms with Crippen LogP contribution in [0.3, 0.4) is 0 Å². The van der Waals surface area contributed by atoms with Crippen molar-refractivity contribution < 1.29 is 19.1 Å². The fraction of sp³-hybridized carbons (Fsp3) is 0.556. The summed E-state index contributed by atoms with van der Waals surface area (Å²) in [6.45, 7) is 6.50. The van der Waals surface area contributed by atoms with E-state index in [4.69, 9.17) is 9.47 Å². The van der Waals surface area contributed by atoms with E-state index in [-0.39, 0.29) is 23.9 Å². The number of ether oxygens (including phenoxy) is 2. The Morgan fingerprint density at radius 1 is 1.17 bits per heavy atom. The highest BCUT2D eigenvalue weighted by Crippen LogP contribution is 2.33. The summed E-state index contributed by atoms with van der Waals surface area (Å²) < 4.78 is 10.4. The summed E-state index contributed by atoms with van der Waals surface area (Å²) in [5, 5.41) is 0. The van der Waals surface area contributed by atoms with Gasteiger partial charge in [-0.25, -0.2) is 4.79 Å². The topological polar surface area (TPSA) is 55.8 Å². The first-order valence-electron chi connectivity index (χ1n) is 7.92. The summed E-state index contributed by atoms with van der Waals surface area (Å²) in [5.41, 5.74) is 0.509. The van der Waals surface area contributed by atoms with Gasteiger partial charge in [0.25, 0.3) is 0 Å². The van der Waals surface area contributed by atoms with Crippen LogP contribution in [-0.2, 0) is 14.3 Å². The summed E-state index contributed by atoms with van der Waals surface area (Å²) in [7, 11) is 1.41. The molecule has 1 aromatic carbocycles.